The molecule has 1 aromatic carbocycles. The highest BCUT2D eigenvalue weighted by molar-refractivity contribution is 7.14. The summed E-state index contributed by atoms with van der Waals surface area (Å²) < 4.78 is 5.19. The van der Waals surface area contributed by atoms with Gasteiger partial charge in [0.25, 0.3) is 0 Å². The molecule has 0 amide bonds. The summed E-state index contributed by atoms with van der Waals surface area (Å²) in [4.78, 5) is 0. The Balaban J connectivity index is 2.38. The lowest BCUT2D eigenvalue weighted by Gasteiger charge is -2.05. The average Bonchev–Trinajstić information content (AvgIpc) is 2.79. The Morgan fingerprint density at radius 2 is 2.06 bits per heavy atom. The zero-order chi connectivity index (χ0) is 12.4. The SMILES string of the molecule is COc1cc(-c2nnc(C(C)C)s2)ccc1N. The third-order valence-corrected chi connectivity index (χ3v) is 3.69. The predicted octanol–water partition coefficient (Wildman–Crippen LogP) is 2.92. The molecule has 5 heteroatoms. The smallest absolute Gasteiger partial charge is 0.147 e. The third-order valence-electron chi connectivity index (χ3n) is 2.41. The van der Waals surface area contributed by atoms with Crippen LogP contribution < -0.4 is 10.5 Å². The van der Waals surface area contributed by atoms with E-state index in [1.807, 2.05) is 18.2 Å². The maximum atomic E-state index is 5.77. The first kappa shape index (κ1) is 11.9. The van der Waals surface area contributed by atoms with Gasteiger partial charge in [0.1, 0.15) is 15.8 Å². The van der Waals surface area contributed by atoms with Crippen LogP contribution in [-0.4, -0.2) is 17.3 Å². The maximum Gasteiger partial charge on any atom is 0.147 e. The number of hydrogen-bond acceptors (Lipinski definition) is 5. The van der Waals surface area contributed by atoms with Gasteiger partial charge in [-0.05, 0) is 18.2 Å². The highest BCUT2D eigenvalue weighted by Crippen LogP contribution is 2.32. The summed E-state index contributed by atoms with van der Waals surface area (Å²) in [6, 6.07) is 5.65. The van der Waals surface area contributed by atoms with Gasteiger partial charge in [-0.25, -0.2) is 0 Å². The van der Waals surface area contributed by atoms with Crippen LogP contribution >= 0.6 is 11.3 Å². The second kappa shape index (κ2) is 4.71. The van der Waals surface area contributed by atoms with E-state index in [1.54, 1.807) is 18.4 Å². The highest BCUT2D eigenvalue weighted by atomic mass is 32.1. The van der Waals surface area contributed by atoms with Crippen LogP contribution in [0.2, 0.25) is 0 Å². The number of hydrogen-bond donors (Lipinski definition) is 1. The van der Waals surface area contributed by atoms with Gasteiger partial charge in [0.15, 0.2) is 0 Å². The molecule has 90 valence electrons. The number of benzene rings is 1. The fraction of sp³-hybridized carbons (Fsp3) is 0.333. The Labute approximate surface area is 104 Å². The third kappa shape index (κ3) is 2.39. The Morgan fingerprint density at radius 1 is 1.29 bits per heavy atom. The van der Waals surface area contributed by atoms with Crippen LogP contribution in [0.4, 0.5) is 5.69 Å². The number of nitrogen functional groups attached to an aromatic ring is 1. The van der Waals surface area contributed by atoms with Crippen LogP contribution in [0.15, 0.2) is 18.2 Å². The molecule has 0 fully saturated rings. The van der Waals surface area contributed by atoms with Crippen molar-refractivity contribution >= 4 is 17.0 Å². The maximum absolute atomic E-state index is 5.77. The molecule has 17 heavy (non-hydrogen) atoms. The van der Waals surface area contributed by atoms with Crippen molar-refractivity contribution in [2.24, 2.45) is 0 Å². The van der Waals surface area contributed by atoms with Crippen molar-refractivity contribution in [2.75, 3.05) is 12.8 Å². The summed E-state index contributed by atoms with van der Waals surface area (Å²) >= 11 is 1.60. The van der Waals surface area contributed by atoms with Gasteiger partial charge in [0, 0.05) is 11.5 Å². The number of aromatic nitrogens is 2. The Hall–Kier alpha value is -1.62. The molecule has 0 spiro atoms. The molecule has 0 atom stereocenters. The van der Waals surface area contributed by atoms with E-state index < -0.39 is 0 Å². The number of nitrogens with zero attached hydrogens (tertiary/aromatic N) is 2. The van der Waals surface area contributed by atoms with Gasteiger partial charge in [0.2, 0.25) is 0 Å². The second-order valence-electron chi connectivity index (χ2n) is 4.06. The topological polar surface area (TPSA) is 61.0 Å². The standard InChI is InChI=1S/C12H15N3OS/c1-7(2)11-14-15-12(17-11)8-4-5-9(13)10(6-8)16-3/h4-7H,13H2,1-3H3. The Bertz CT molecular complexity index is 522. The first-order valence-electron chi connectivity index (χ1n) is 5.39. The quantitative estimate of drug-likeness (QED) is 0.850. The van der Waals surface area contributed by atoms with Crippen molar-refractivity contribution in [3.05, 3.63) is 23.2 Å². The van der Waals surface area contributed by atoms with Gasteiger partial charge in [0.05, 0.1) is 12.8 Å². The number of methoxy groups -OCH3 is 1. The van der Waals surface area contributed by atoms with Crippen molar-refractivity contribution in [1.82, 2.24) is 10.2 Å². The molecule has 0 saturated heterocycles. The van der Waals surface area contributed by atoms with E-state index in [9.17, 15) is 0 Å². The molecule has 0 saturated carbocycles. The molecule has 1 aromatic heterocycles. The van der Waals surface area contributed by atoms with E-state index >= 15 is 0 Å². The Morgan fingerprint density at radius 3 is 2.65 bits per heavy atom. The van der Waals surface area contributed by atoms with Crippen molar-refractivity contribution in [1.29, 1.82) is 0 Å². The fourth-order valence-electron chi connectivity index (χ4n) is 1.43. The molecular formula is C12H15N3OS. The predicted molar refractivity (Wildman–Crippen MR) is 70.4 cm³/mol. The molecule has 0 aliphatic heterocycles. The number of rotatable bonds is 3. The molecule has 2 rings (SSSR count). The van der Waals surface area contributed by atoms with Crippen LogP contribution in [0, 0.1) is 0 Å². The van der Waals surface area contributed by atoms with E-state index in [0.29, 0.717) is 17.4 Å². The molecule has 0 aliphatic rings. The van der Waals surface area contributed by atoms with Gasteiger partial charge < -0.3 is 10.5 Å². The van der Waals surface area contributed by atoms with Crippen molar-refractivity contribution in [3.63, 3.8) is 0 Å². The summed E-state index contributed by atoms with van der Waals surface area (Å²) in [5, 5.41) is 10.3. The van der Waals surface area contributed by atoms with E-state index in [4.69, 9.17) is 10.5 Å². The highest BCUT2D eigenvalue weighted by Gasteiger charge is 2.11. The Kier molecular flexibility index (Phi) is 3.28. The van der Waals surface area contributed by atoms with Crippen LogP contribution in [0.25, 0.3) is 10.6 Å². The molecule has 2 aromatic rings. The van der Waals surface area contributed by atoms with Crippen LogP contribution in [-0.2, 0) is 0 Å². The number of nitrogens with two attached hydrogens (primary N) is 1. The summed E-state index contributed by atoms with van der Waals surface area (Å²) in [5.41, 5.74) is 7.39. The second-order valence-corrected chi connectivity index (χ2v) is 5.07. The molecule has 0 radical (unpaired) electrons. The largest absolute Gasteiger partial charge is 0.495 e. The summed E-state index contributed by atoms with van der Waals surface area (Å²) in [7, 11) is 1.61. The van der Waals surface area contributed by atoms with E-state index in [-0.39, 0.29) is 0 Å². The lowest BCUT2D eigenvalue weighted by molar-refractivity contribution is 0.417. The zero-order valence-corrected chi connectivity index (χ0v) is 10.9. The number of ether oxygens (including phenoxy) is 1. The minimum atomic E-state index is 0.400. The fourth-order valence-corrected chi connectivity index (χ4v) is 2.27. The molecule has 0 bridgehead atoms. The lowest BCUT2D eigenvalue weighted by Crippen LogP contribution is -1.92. The van der Waals surface area contributed by atoms with Crippen LogP contribution in [0.1, 0.15) is 24.8 Å². The van der Waals surface area contributed by atoms with Crippen LogP contribution in [0.3, 0.4) is 0 Å². The molecular weight excluding hydrogens is 234 g/mol. The first-order valence-corrected chi connectivity index (χ1v) is 6.20. The van der Waals surface area contributed by atoms with Gasteiger partial charge >= 0.3 is 0 Å². The molecule has 4 nitrogen and oxygen atoms in total. The van der Waals surface area contributed by atoms with Crippen LogP contribution in [0.5, 0.6) is 5.75 Å². The number of anilines is 1. The summed E-state index contributed by atoms with van der Waals surface area (Å²) in [6.07, 6.45) is 0. The van der Waals surface area contributed by atoms with Gasteiger partial charge in [-0.15, -0.1) is 10.2 Å². The van der Waals surface area contributed by atoms with Crippen molar-refractivity contribution in [3.8, 4) is 16.3 Å². The normalized spacial score (nSPS) is 10.8. The van der Waals surface area contributed by atoms with E-state index in [2.05, 4.69) is 24.0 Å². The average molecular weight is 249 g/mol. The van der Waals surface area contributed by atoms with Crippen molar-refractivity contribution in [2.45, 2.75) is 19.8 Å². The molecule has 2 N–H and O–H groups in total. The van der Waals surface area contributed by atoms with Gasteiger partial charge in [-0.1, -0.05) is 25.2 Å². The van der Waals surface area contributed by atoms with Gasteiger partial charge in [-0.2, -0.15) is 0 Å². The zero-order valence-electron chi connectivity index (χ0n) is 10.1. The minimum Gasteiger partial charge on any atom is -0.495 e. The lowest BCUT2D eigenvalue weighted by atomic mass is 10.2. The molecule has 0 unspecified atom stereocenters. The summed E-state index contributed by atoms with van der Waals surface area (Å²) in [5.74, 6) is 1.07. The van der Waals surface area contributed by atoms with Crippen molar-refractivity contribution < 1.29 is 4.74 Å². The molecule has 0 aliphatic carbocycles. The van der Waals surface area contributed by atoms with Gasteiger partial charge in [-0.3, -0.25) is 0 Å². The first-order chi connectivity index (χ1) is 8.11. The summed E-state index contributed by atoms with van der Waals surface area (Å²) in [6.45, 7) is 4.21. The minimum absolute atomic E-state index is 0.400. The monoisotopic (exact) mass is 249 g/mol. The van der Waals surface area contributed by atoms with E-state index in [0.717, 1.165) is 15.6 Å². The van der Waals surface area contributed by atoms with E-state index in [1.165, 1.54) is 0 Å². The molecule has 1 heterocycles.